The quantitative estimate of drug-likeness (QED) is 0.863. The topological polar surface area (TPSA) is 59.8 Å². The lowest BCUT2D eigenvalue weighted by atomic mass is 10.3. The summed E-state index contributed by atoms with van der Waals surface area (Å²) < 4.78 is 39.5. The van der Waals surface area contributed by atoms with Gasteiger partial charge in [-0.3, -0.25) is 9.48 Å². The summed E-state index contributed by atoms with van der Waals surface area (Å²) in [6.45, 7) is 0. The first-order chi connectivity index (χ1) is 9.70. The Morgan fingerprint density at radius 2 is 2.10 bits per heavy atom. The molecule has 0 fully saturated rings. The summed E-state index contributed by atoms with van der Waals surface area (Å²) >= 11 is 8.77. The molecule has 0 aliphatic heterocycles. The van der Waals surface area contributed by atoms with Gasteiger partial charge >= 0.3 is 6.18 Å². The van der Waals surface area contributed by atoms with Gasteiger partial charge in [0, 0.05) is 17.7 Å². The third-order valence-electron chi connectivity index (χ3n) is 2.44. The number of aryl methyl sites for hydroxylation is 1. The summed E-state index contributed by atoms with van der Waals surface area (Å²) in [4.78, 5) is 15.8. The molecular weight excluding hydrogens is 376 g/mol. The fraction of sp³-hybridized carbons (Fsp3) is 0.182. The number of pyridine rings is 1. The molecule has 2 aromatic rings. The summed E-state index contributed by atoms with van der Waals surface area (Å²) in [6.07, 6.45) is -3.27. The van der Waals surface area contributed by atoms with Gasteiger partial charge in [-0.25, -0.2) is 4.98 Å². The van der Waals surface area contributed by atoms with Crippen LogP contribution in [-0.4, -0.2) is 20.7 Å². The van der Waals surface area contributed by atoms with Crippen LogP contribution in [0, 0.1) is 0 Å². The Morgan fingerprint density at radius 3 is 2.57 bits per heavy atom. The van der Waals surface area contributed by atoms with Crippen molar-refractivity contribution >= 4 is 39.3 Å². The van der Waals surface area contributed by atoms with Crippen molar-refractivity contribution in [3.8, 4) is 0 Å². The predicted molar refractivity (Wildman–Crippen MR) is 73.1 cm³/mol. The predicted octanol–water partition coefficient (Wildman–Crippen LogP) is 3.50. The number of aromatic nitrogens is 3. The van der Waals surface area contributed by atoms with Gasteiger partial charge in [-0.2, -0.15) is 18.3 Å². The highest BCUT2D eigenvalue weighted by Crippen LogP contribution is 2.36. The first kappa shape index (κ1) is 15.8. The standard InChI is InChI=1S/C11H7BrClF3N4O/c1-20-9(11(14,15)16)7(13)8(19-20)10(21)18-6-3-2-5(12)4-17-6/h2-4H,1H3,(H,17,18,21). The minimum atomic E-state index is -4.70. The second-order valence-electron chi connectivity index (χ2n) is 3.95. The highest BCUT2D eigenvalue weighted by atomic mass is 79.9. The lowest BCUT2D eigenvalue weighted by Gasteiger charge is -2.06. The van der Waals surface area contributed by atoms with Crippen molar-refractivity contribution in [1.82, 2.24) is 14.8 Å². The molecule has 2 aromatic heterocycles. The largest absolute Gasteiger partial charge is 0.434 e. The van der Waals surface area contributed by atoms with Gasteiger partial charge in [-0.05, 0) is 28.1 Å². The molecule has 21 heavy (non-hydrogen) atoms. The maximum absolute atomic E-state index is 12.8. The molecule has 10 heteroatoms. The van der Waals surface area contributed by atoms with Crippen molar-refractivity contribution in [2.24, 2.45) is 7.05 Å². The number of amides is 1. The average Bonchev–Trinajstić information content (AvgIpc) is 2.67. The van der Waals surface area contributed by atoms with Crippen LogP contribution >= 0.6 is 27.5 Å². The van der Waals surface area contributed by atoms with Crippen molar-refractivity contribution in [3.05, 3.63) is 39.2 Å². The average molecular weight is 384 g/mol. The number of carbonyl (C=O) groups excluding carboxylic acids is 1. The van der Waals surface area contributed by atoms with Crippen LogP contribution < -0.4 is 5.32 Å². The molecule has 0 aliphatic rings. The van der Waals surface area contributed by atoms with E-state index in [2.05, 4.69) is 31.3 Å². The maximum atomic E-state index is 12.8. The molecule has 2 rings (SSSR count). The van der Waals surface area contributed by atoms with E-state index in [0.29, 0.717) is 9.15 Å². The van der Waals surface area contributed by atoms with Crippen molar-refractivity contribution < 1.29 is 18.0 Å². The van der Waals surface area contributed by atoms with E-state index in [-0.39, 0.29) is 5.82 Å². The monoisotopic (exact) mass is 382 g/mol. The lowest BCUT2D eigenvalue weighted by Crippen LogP contribution is -2.14. The minimum absolute atomic E-state index is 0.165. The van der Waals surface area contributed by atoms with Gasteiger partial charge in [0.05, 0.1) is 0 Å². The van der Waals surface area contributed by atoms with Crippen LogP contribution in [-0.2, 0) is 13.2 Å². The number of alkyl halides is 3. The SMILES string of the molecule is Cn1nc(C(=O)Nc2ccc(Br)cn2)c(Cl)c1C(F)(F)F. The van der Waals surface area contributed by atoms with E-state index in [1.54, 1.807) is 6.07 Å². The van der Waals surface area contributed by atoms with E-state index >= 15 is 0 Å². The molecular formula is C11H7BrClF3N4O. The number of halogens is 5. The van der Waals surface area contributed by atoms with E-state index in [1.165, 1.54) is 12.3 Å². The number of nitrogens with zero attached hydrogens (tertiary/aromatic N) is 3. The highest BCUT2D eigenvalue weighted by molar-refractivity contribution is 9.10. The number of anilines is 1. The minimum Gasteiger partial charge on any atom is -0.305 e. The Morgan fingerprint density at radius 1 is 1.43 bits per heavy atom. The van der Waals surface area contributed by atoms with Crippen LogP contribution in [0.3, 0.4) is 0 Å². The van der Waals surface area contributed by atoms with E-state index < -0.39 is 28.5 Å². The number of hydrogen-bond acceptors (Lipinski definition) is 3. The summed E-state index contributed by atoms with van der Waals surface area (Å²) in [7, 11) is 1.06. The first-order valence-corrected chi connectivity index (χ1v) is 6.60. The Bertz CT molecular complexity index is 684. The fourth-order valence-corrected chi connectivity index (χ4v) is 2.16. The molecule has 0 bridgehead atoms. The first-order valence-electron chi connectivity index (χ1n) is 5.42. The zero-order valence-electron chi connectivity index (χ0n) is 10.4. The summed E-state index contributed by atoms with van der Waals surface area (Å²) in [5, 5.41) is 5.08. The molecule has 2 heterocycles. The van der Waals surface area contributed by atoms with Gasteiger partial charge in [0.2, 0.25) is 0 Å². The molecule has 0 saturated carbocycles. The molecule has 0 atom stereocenters. The van der Waals surface area contributed by atoms with Gasteiger partial charge in [0.15, 0.2) is 11.4 Å². The zero-order chi connectivity index (χ0) is 15.8. The van der Waals surface area contributed by atoms with Crippen molar-refractivity contribution in [2.75, 3.05) is 5.32 Å². The van der Waals surface area contributed by atoms with E-state index in [1.807, 2.05) is 0 Å². The van der Waals surface area contributed by atoms with E-state index in [9.17, 15) is 18.0 Å². The molecule has 1 N–H and O–H groups in total. The van der Waals surface area contributed by atoms with Gasteiger partial charge < -0.3 is 5.32 Å². The Balaban J connectivity index is 2.30. The molecule has 0 aliphatic carbocycles. The number of carbonyl (C=O) groups is 1. The molecule has 5 nitrogen and oxygen atoms in total. The maximum Gasteiger partial charge on any atom is 0.434 e. The van der Waals surface area contributed by atoms with Crippen molar-refractivity contribution in [3.63, 3.8) is 0 Å². The van der Waals surface area contributed by atoms with Crippen LogP contribution in [0.4, 0.5) is 19.0 Å². The van der Waals surface area contributed by atoms with Crippen LogP contribution in [0.15, 0.2) is 22.8 Å². The van der Waals surface area contributed by atoms with Gasteiger partial charge in [-0.1, -0.05) is 11.6 Å². The van der Waals surface area contributed by atoms with Crippen LogP contribution in [0.1, 0.15) is 16.2 Å². The normalized spacial score (nSPS) is 11.5. The molecule has 0 spiro atoms. The molecule has 0 unspecified atom stereocenters. The van der Waals surface area contributed by atoms with Crippen molar-refractivity contribution in [2.45, 2.75) is 6.18 Å². The van der Waals surface area contributed by atoms with Crippen LogP contribution in [0.2, 0.25) is 5.02 Å². The lowest BCUT2D eigenvalue weighted by molar-refractivity contribution is -0.143. The van der Waals surface area contributed by atoms with E-state index in [4.69, 9.17) is 11.6 Å². The fourth-order valence-electron chi connectivity index (χ4n) is 1.58. The van der Waals surface area contributed by atoms with Crippen LogP contribution in [0.5, 0.6) is 0 Å². The second-order valence-corrected chi connectivity index (χ2v) is 5.24. The summed E-state index contributed by atoms with van der Waals surface area (Å²) in [6, 6.07) is 3.09. The molecule has 0 radical (unpaired) electrons. The Labute approximate surface area is 130 Å². The van der Waals surface area contributed by atoms with E-state index in [0.717, 1.165) is 7.05 Å². The number of hydrogen-bond donors (Lipinski definition) is 1. The third-order valence-corrected chi connectivity index (χ3v) is 3.27. The van der Waals surface area contributed by atoms with Gasteiger partial charge in [-0.15, -0.1) is 0 Å². The third kappa shape index (κ3) is 3.35. The molecule has 0 saturated heterocycles. The Hall–Kier alpha value is -1.61. The molecule has 0 aromatic carbocycles. The molecule has 1 amide bonds. The summed E-state index contributed by atoms with van der Waals surface area (Å²) in [5.41, 5.74) is -1.70. The Kier molecular flexibility index (Phi) is 4.24. The smallest absolute Gasteiger partial charge is 0.305 e. The number of rotatable bonds is 2. The summed E-state index contributed by atoms with van der Waals surface area (Å²) in [5.74, 6) is -0.709. The van der Waals surface area contributed by atoms with Crippen LogP contribution in [0.25, 0.3) is 0 Å². The molecule has 112 valence electrons. The highest BCUT2D eigenvalue weighted by Gasteiger charge is 2.40. The van der Waals surface area contributed by atoms with Crippen molar-refractivity contribution in [1.29, 1.82) is 0 Å². The second kappa shape index (κ2) is 5.64. The zero-order valence-corrected chi connectivity index (χ0v) is 12.7. The van der Waals surface area contributed by atoms with Gasteiger partial charge in [0.1, 0.15) is 10.8 Å². The van der Waals surface area contributed by atoms with Gasteiger partial charge in [0.25, 0.3) is 5.91 Å². The number of nitrogens with one attached hydrogen (secondary N) is 1.